The fourth-order valence-electron chi connectivity index (χ4n) is 4.08. The van der Waals surface area contributed by atoms with Gasteiger partial charge in [0, 0.05) is 18.2 Å². The predicted molar refractivity (Wildman–Crippen MR) is 107 cm³/mol. The number of hydrogen-bond acceptors (Lipinski definition) is 3. The summed E-state index contributed by atoms with van der Waals surface area (Å²) in [4.78, 5) is 14.6. The molecule has 0 radical (unpaired) electrons. The van der Waals surface area contributed by atoms with E-state index in [4.69, 9.17) is 0 Å². The first-order valence-electron chi connectivity index (χ1n) is 9.60. The second-order valence-electron chi connectivity index (χ2n) is 7.55. The number of sulfonamides is 1. The Morgan fingerprint density at radius 1 is 1.11 bits per heavy atom. The lowest BCUT2D eigenvalue weighted by Gasteiger charge is -2.21. The zero-order valence-electron chi connectivity index (χ0n) is 15.5. The minimum absolute atomic E-state index is 0.0878. The van der Waals surface area contributed by atoms with E-state index in [2.05, 4.69) is 4.72 Å². The highest BCUT2D eigenvalue weighted by Gasteiger charge is 2.32. The average Bonchev–Trinajstić information content (AvgIpc) is 3.32. The van der Waals surface area contributed by atoms with Crippen LogP contribution in [0.25, 0.3) is 0 Å². The first-order chi connectivity index (χ1) is 13.4. The van der Waals surface area contributed by atoms with Gasteiger partial charge >= 0.3 is 0 Å². The molecule has 0 saturated heterocycles. The molecule has 1 amide bonds. The molecule has 5 nitrogen and oxygen atoms in total. The number of amides is 1. The summed E-state index contributed by atoms with van der Waals surface area (Å²) in [6.07, 6.45) is 4.86. The van der Waals surface area contributed by atoms with Crippen LogP contribution in [0.5, 0.6) is 0 Å². The number of rotatable bonds is 5. The minimum Gasteiger partial charge on any atom is -0.312 e. The van der Waals surface area contributed by atoms with Crippen molar-refractivity contribution in [3.8, 4) is 0 Å². The number of anilines is 2. The Labute approximate surface area is 164 Å². The number of nitrogens with zero attached hydrogens (tertiary/aromatic N) is 1. The average molecular weight is 402 g/mol. The van der Waals surface area contributed by atoms with Crippen LogP contribution in [0, 0.1) is 11.7 Å². The molecule has 7 heteroatoms. The maximum atomic E-state index is 13.0. The molecule has 1 N–H and O–H groups in total. The molecule has 1 saturated carbocycles. The van der Waals surface area contributed by atoms with Gasteiger partial charge in [-0.25, -0.2) is 12.8 Å². The van der Waals surface area contributed by atoms with Gasteiger partial charge in [-0.05, 0) is 54.7 Å². The Morgan fingerprint density at radius 2 is 1.82 bits per heavy atom. The number of fused-ring (bicyclic) bond motifs is 1. The number of carbonyl (C=O) groups is 1. The summed E-state index contributed by atoms with van der Waals surface area (Å²) in [5.41, 5.74) is 2.81. The van der Waals surface area contributed by atoms with Crippen molar-refractivity contribution in [1.29, 1.82) is 0 Å². The lowest BCUT2D eigenvalue weighted by atomic mass is 10.1. The van der Waals surface area contributed by atoms with Crippen molar-refractivity contribution in [2.45, 2.75) is 37.9 Å². The van der Waals surface area contributed by atoms with E-state index < -0.39 is 15.8 Å². The molecular formula is C21H23FN2O3S. The molecule has 0 spiro atoms. The molecular weight excluding hydrogens is 379 g/mol. The predicted octanol–water partition coefficient (Wildman–Crippen LogP) is 3.85. The Kier molecular flexibility index (Phi) is 5.10. The summed E-state index contributed by atoms with van der Waals surface area (Å²) in [5, 5.41) is 0. The van der Waals surface area contributed by atoms with Crippen LogP contribution in [0.4, 0.5) is 15.8 Å². The number of hydrogen-bond donors (Lipinski definition) is 1. The van der Waals surface area contributed by atoms with Crippen molar-refractivity contribution >= 4 is 27.3 Å². The molecule has 0 atom stereocenters. The number of carbonyl (C=O) groups excluding carboxylic acids is 1. The van der Waals surface area contributed by atoms with Gasteiger partial charge in [-0.15, -0.1) is 0 Å². The molecule has 148 valence electrons. The van der Waals surface area contributed by atoms with E-state index in [9.17, 15) is 17.6 Å². The van der Waals surface area contributed by atoms with Crippen LogP contribution in [-0.4, -0.2) is 20.9 Å². The Bertz CT molecular complexity index is 983. The molecule has 0 aromatic heterocycles. The van der Waals surface area contributed by atoms with Crippen molar-refractivity contribution < 1.29 is 17.6 Å². The molecule has 1 heterocycles. The van der Waals surface area contributed by atoms with Crippen LogP contribution in [0.15, 0.2) is 42.5 Å². The van der Waals surface area contributed by atoms with E-state index >= 15 is 0 Å². The summed E-state index contributed by atoms with van der Waals surface area (Å²) < 4.78 is 40.6. The van der Waals surface area contributed by atoms with Crippen LogP contribution in [0.1, 0.15) is 36.8 Å². The minimum atomic E-state index is -3.65. The van der Waals surface area contributed by atoms with Crippen LogP contribution < -0.4 is 9.62 Å². The van der Waals surface area contributed by atoms with E-state index in [0.29, 0.717) is 17.8 Å². The zero-order chi connectivity index (χ0) is 19.7. The Balaban J connectivity index is 1.51. The molecule has 0 bridgehead atoms. The Hall–Kier alpha value is -2.41. The van der Waals surface area contributed by atoms with Gasteiger partial charge in [0.15, 0.2) is 0 Å². The van der Waals surface area contributed by atoms with Gasteiger partial charge in [-0.3, -0.25) is 9.52 Å². The van der Waals surface area contributed by atoms with Crippen molar-refractivity contribution in [1.82, 2.24) is 0 Å². The molecule has 4 rings (SSSR count). The van der Waals surface area contributed by atoms with Crippen molar-refractivity contribution in [3.05, 3.63) is 59.4 Å². The van der Waals surface area contributed by atoms with Crippen molar-refractivity contribution in [2.75, 3.05) is 16.2 Å². The van der Waals surface area contributed by atoms with E-state index in [1.807, 2.05) is 11.0 Å². The normalized spacial score (nSPS) is 17.0. The smallest absolute Gasteiger partial charge is 0.236 e. The monoisotopic (exact) mass is 402 g/mol. The number of nitrogens with one attached hydrogen (secondary N) is 1. The standard InChI is InChI=1S/C21H23FN2O3S/c22-18-8-5-15(6-9-18)14-28(26,27)23-19-10-7-16-11-12-24(20(16)13-19)21(25)17-3-1-2-4-17/h5-10,13,17,23H,1-4,11-12,14H2. The number of halogens is 1. The third-order valence-electron chi connectivity index (χ3n) is 5.49. The summed E-state index contributed by atoms with van der Waals surface area (Å²) in [6, 6.07) is 10.8. The van der Waals surface area contributed by atoms with E-state index in [1.54, 1.807) is 12.1 Å². The molecule has 2 aromatic rings. The summed E-state index contributed by atoms with van der Waals surface area (Å²) >= 11 is 0. The van der Waals surface area contributed by atoms with Gasteiger partial charge in [0.2, 0.25) is 15.9 Å². The third-order valence-corrected chi connectivity index (χ3v) is 6.75. The highest BCUT2D eigenvalue weighted by molar-refractivity contribution is 7.91. The first-order valence-corrected chi connectivity index (χ1v) is 11.3. The summed E-state index contributed by atoms with van der Waals surface area (Å²) in [5.74, 6) is -0.401. The second kappa shape index (κ2) is 7.54. The van der Waals surface area contributed by atoms with Gasteiger partial charge in [0.05, 0.1) is 11.4 Å². The molecule has 1 aliphatic heterocycles. The van der Waals surface area contributed by atoms with Crippen LogP contribution in [-0.2, 0) is 27.0 Å². The fraction of sp³-hybridized carbons (Fsp3) is 0.381. The zero-order valence-corrected chi connectivity index (χ0v) is 16.3. The summed E-state index contributed by atoms with van der Waals surface area (Å²) in [6.45, 7) is 0.649. The third kappa shape index (κ3) is 4.04. The molecule has 1 aliphatic carbocycles. The molecule has 2 aliphatic rings. The Morgan fingerprint density at radius 3 is 2.54 bits per heavy atom. The van der Waals surface area contributed by atoms with Gasteiger partial charge in [0.1, 0.15) is 5.82 Å². The van der Waals surface area contributed by atoms with Crippen LogP contribution >= 0.6 is 0 Å². The van der Waals surface area contributed by atoms with Gasteiger partial charge in [-0.2, -0.15) is 0 Å². The lowest BCUT2D eigenvalue weighted by molar-refractivity contribution is -0.122. The fourth-order valence-corrected chi connectivity index (χ4v) is 5.27. The molecule has 28 heavy (non-hydrogen) atoms. The largest absolute Gasteiger partial charge is 0.312 e. The van der Waals surface area contributed by atoms with Gasteiger partial charge in [0.25, 0.3) is 0 Å². The SMILES string of the molecule is O=C(C1CCCC1)N1CCc2ccc(NS(=O)(=O)Cc3ccc(F)cc3)cc21. The van der Waals surface area contributed by atoms with Gasteiger partial charge < -0.3 is 4.90 Å². The van der Waals surface area contributed by atoms with Crippen LogP contribution in [0.2, 0.25) is 0 Å². The molecule has 2 aromatic carbocycles. The maximum Gasteiger partial charge on any atom is 0.236 e. The van der Waals surface area contributed by atoms with Gasteiger partial charge in [-0.1, -0.05) is 31.0 Å². The maximum absolute atomic E-state index is 13.0. The highest BCUT2D eigenvalue weighted by atomic mass is 32.2. The van der Waals surface area contributed by atoms with E-state index in [-0.39, 0.29) is 17.6 Å². The summed E-state index contributed by atoms with van der Waals surface area (Å²) in [7, 11) is -3.65. The second-order valence-corrected chi connectivity index (χ2v) is 9.27. The molecule has 1 fully saturated rings. The lowest BCUT2D eigenvalue weighted by Crippen LogP contribution is -2.33. The topological polar surface area (TPSA) is 66.5 Å². The van der Waals surface area contributed by atoms with Crippen molar-refractivity contribution in [3.63, 3.8) is 0 Å². The quantitative estimate of drug-likeness (QED) is 0.826. The first kappa shape index (κ1) is 18.9. The highest BCUT2D eigenvalue weighted by Crippen LogP contribution is 2.35. The number of benzene rings is 2. The molecule has 0 unspecified atom stereocenters. The van der Waals surface area contributed by atoms with Crippen molar-refractivity contribution in [2.24, 2.45) is 5.92 Å². The van der Waals surface area contributed by atoms with Crippen LogP contribution in [0.3, 0.4) is 0 Å². The van der Waals surface area contributed by atoms with E-state index in [0.717, 1.165) is 43.4 Å². The van der Waals surface area contributed by atoms with E-state index in [1.165, 1.54) is 24.3 Å².